The number of fused-ring (bicyclic) bond motifs is 3. The van der Waals surface area contributed by atoms with Gasteiger partial charge in [0, 0.05) is 17.3 Å². The predicted octanol–water partition coefficient (Wildman–Crippen LogP) is 5.38. The van der Waals surface area contributed by atoms with Gasteiger partial charge in [-0.15, -0.1) is 0 Å². The normalized spacial score (nSPS) is 13.8. The van der Waals surface area contributed by atoms with Gasteiger partial charge in [-0.3, -0.25) is 4.79 Å². The Hall–Kier alpha value is -3.69. The Bertz CT molecular complexity index is 1430. The van der Waals surface area contributed by atoms with Gasteiger partial charge in [0.05, 0.1) is 46.6 Å². The van der Waals surface area contributed by atoms with Crippen LogP contribution in [0.25, 0.3) is 11.1 Å². The van der Waals surface area contributed by atoms with Crippen molar-refractivity contribution in [1.82, 2.24) is 5.32 Å². The molecule has 1 aliphatic carbocycles. The van der Waals surface area contributed by atoms with E-state index in [1.165, 1.54) is 21.3 Å². The second kappa shape index (κ2) is 11.8. The van der Waals surface area contributed by atoms with Gasteiger partial charge in [-0.1, -0.05) is 23.7 Å². The largest absolute Gasteiger partial charge is 0.497 e. The molecule has 0 saturated heterocycles. The summed E-state index contributed by atoms with van der Waals surface area (Å²) in [6.45, 7) is 0. The number of methoxy groups -OCH3 is 5. The fourth-order valence-electron chi connectivity index (χ4n) is 4.71. The molecule has 4 rings (SSSR count). The average molecular weight is 557 g/mol. The van der Waals surface area contributed by atoms with Gasteiger partial charge in [0.1, 0.15) is 5.75 Å². The highest BCUT2D eigenvalue weighted by molar-refractivity contribution is 7.80. The molecule has 0 aromatic heterocycles. The summed E-state index contributed by atoms with van der Waals surface area (Å²) in [5.74, 6) is 2.12. The average Bonchev–Trinajstić information content (AvgIpc) is 3.17. The van der Waals surface area contributed by atoms with Gasteiger partial charge in [0.15, 0.2) is 22.4 Å². The summed E-state index contributed by atoms with van der Waals surface area (Å²) in [7, 11) is 7.68. The van der Waals surface area contributed by atoms with Gasteiger partial charge < -0.3 is 34.3 Å². The molecule has 0 saturated carbocycles. The Labute approximate surface area is 231 Å². The van der Waals surface area contributed by atoms with Crippen molar-refractivity contribution in [1.29, 1.82) is 0 Å². The number of halogens is 1. The Kier molecular flexibility index (Phi) is 8.48. The highest BCUT2D eigenvalue weighted by Gasteiger charge is 2.32. The van der Waals surface area contributed by atoms with Crippen molar-refractivity contribution in [2.24, 2.45) is 0 Å². The van der Waals surface area contributed by atoms with Crippen molar-refractivity contribution in [3.63, 3.8) is 0 Å². The molecule has 0 radical (unpaired) electrons. The van der Waals surface area contributed by atoms with E-state index >= 15 is 0 Å². The second-order valence-electron chi connectivity index (χ2n) is 8.47. The first-order valence-electron chi connectivity index (χ1n) is 11.8. The zero-order valence-corrected chi connectivity index (χ0v) is 23.3. The molecular weight excluding hydrogens is 528 g/mol. The van der Waals surface area contributed by atoms with Crippen molar-refractivity contribution >= 4 is 34.6 Å². The van der Waals surface area contributed by atoms with Crippen LogP contribution in [-0.4, -0.2) is 40.7 Å². The Morgan fingerprint density at radius 3 is 2.32 bits per heavy atom. The van der Waals surface area contributed by atoms with Gasteiger partial charge in [0.2, 0.25) is 11.2 Å². The molecule has 8 nitrogen and oxygen atoms in total. The van der Waals surface area contributed by atoms with Crippen LogP contribution in [0.15, 0.2) is 47.3 Å². The lowest BCUT2D eigenvalue weighted by atomic mass is 9.95. The minimum absolute atomic E-state index is 0.209. The SMILES string of the molecule is COc1cccc(NC(=S)N[C@H]2CCc3c(Cl)c(OC)c(OC)c(OC)c3-c3ccc(OC)c(=O)cc32)c1. The number of thiocarbonyl (C=S) groups is 1. The maximum absolute atomic E-state index is 13.1. The molecule has 0 amide bonds. The molecule has 3 aromatic carbocycles. The number of benzene rings is 2. The van der Waals surface area contributed by atoms with Crippen molar-refractivity contribution in [3.8, 4) is 39.9 Å². The summed E-state index contributed by atoms with van der Waals surface area (Å²) in [5, 5.41) is 7.39. The van der Waals surface area contributed by atoms with Crippen molar-refractivity contribution < 1.29 is 23.7 Å². The minimum Gasteiger partial charge on any atom is -0.497 e. The van der Waals surface area contributed by atoms with Gasteiger partial charge in [0.25, 0.3) is 0 Å². The first-order chi connectivity index (χ1) is 18.4. The predicted molar refractivity (Wildman–Crippen MR) is 153 cm³/mol. The number of ether oxygens (including phenoxy) is 5. The highest BCUT2D eigenvalue weighted by atomic mass is 35.5. The van der Waals surface area contributed by atoms with Crippen molar-refractivity contribution in [2.45, 2.75) is 18.9 Å². The molecule has 38 heavy (non-hydrogen) atoms. The first-order valence-corrected chi connectivity index (χ1v) is 12.6. The fourth-order valence-corrected chi connectivity index (χ4v) is 5.33. The summed E-state index contributed by atoms with van der Waals surface area (Å²) < 4.78 is 27.7. The molecule has 3 aromatic rings. The second-order valence-corrected chi connectivity index (χ2v) is 9.25. The van der Waals surface area contributed by atoms with Crippen LogP contribution in [0.2, 0.25) is 5.02 Å². The lowest BCUT2D eigenvalue weighted by molar-refractivity contribution is 0.325. The standard InChI is InChI=1S/C28H29ClN2O6S/c1-33-16-8-6-7-15(13-16)30-28(38)31-20-11-9-18-23(17-10-12-22(34-2)21(32)14-19(17)20)25(35-3)27(37-5)26(36-4)24(18)29/h6-8,10,12-14,20H,9,11H2,1-5H3,(H2,30,31,38)/t20-/m0/s1. The Morgan fingerprint density at radius 1 is 0.921 bits per heavy atom. The van der Waals surface area contributed by atoms with E-state index < -0.39 is 0 Å². The topological polar surface area (TPSA) is 87.3 Å². The third-order valence-corrected chi connectivity index (χ3v) is 7.06. The van der Waals surface area contributed by atoms with Crippen LogP contribution in [0, 0.1) is 0 Å². The van der Waals surface area contributed by atoms with E-state index in [0.717, 1.165) is 22.4 Å². The molecule has 0 bridgehead atoms. The summed E-state index contributed by atoms with van der Waals surface area (Å²) in [4.78, 5) is 13.1. The van der Waals surface area contributed by atoms with Gasteiger partial charge in [-0.25, -0.2) is 0 Å². The molecule has 0 aliphatic heterocycles. The van der Waals surface area contributed by atoms with E-state index in [2.05, 4.69) is 10.6 Å². The van der Waals surface area contributed by atoms with Crippen LogP contribution < -0.4 is 39.7 Å². The Morgan fingerprint density at radius 2 is 1.66 bits per heavy atom. The van der Waals surface area contributed by atoms with E-state index in [4.69, 9.17) is 47.5 Å². The molecule has 0 spiro atoms. The molecule has 1 aliphatic rings. The summed E-state index contributed by atoms with van der Waals surface area (Å²) in [6, 6.07) is 12.1. The summed E-state index contributed by atoms with van der Waals surface area (Å²) >= 11 is 12.5. The number of hydrogen-bond acceptors (Lipinski definition) is 7. The Balaban J connectivity index is 1.87. The maximum atomic E-state index is 13.1. The summed E-state index contributed by atoms with van der Waals surface area (Å²) in [6.07, 6.45) is 1.12. The molecule has 0 heterocycles. The lowest BCUT2D eigenvalue weighted by Crippen LogP contribution is -2.32. The zero-order chi connectivity index (χ0) is 27.4. The van der Waals surface area contributed by atoms with E-state index in [1.54, 1.807) is 26.4 Å². The van der Waals surface area contributed by atoms with Crippen LogP contribution in [-0.2, 0) is 6.42 Å². The van der Waals surface area contributed by atoms with Crippen LogP contribution in [0.1, 0.15) is 23.6 Å². The van der Waals surface area contributed by atoms with Gasteiger partial charge in [-0.05, 0) is 66.0 Å². The fraction of sp³-hybridized carbons (Fsp3) is 0.286. The minimum atomic E-state index is -0.342. The van der Waals surface area contributed by atoms with Crippen molar-refractivity contribution in [3.05, 3.63) is 68.8 Å². The lowest BCUT2D eigenvalue weighted by Gasteiger charge is -2.21. The number of anilines is 1. The third-order valence-electron chi connectivity index (χ3n) is 6.44. The smallest absolute Gasteiger partial charge is 0.220 e. The van der Waals surface area contributed by atoms with Crippen LogP contribution in [0.3, 0.4) is 0 Å². The summed E-state index contributed by atoms with van der Waals surface area (Å²) in [5.41, 5.74) is 3.49. The number of rotatable bonds is 7. The molecule has 10 heteroatoms. The van der Waals surface area contributed by atoms with Gasteiger partial charge in [-0.2, -0.15) is 0 Å². The van der Waals surface area contributed by atoms with Crippen LogP contribution in [0.4, 0.5) is 5.69 Å². The molecule has 0 unspecified atom stereocenters. The van der Waals surface area contributed by atoms with E-state index in [0.29, 0.717) is 51.5 Å². The number of hydrogen-bond donors (Lipinski definition) is 2. The highest BCUT2D eigenvalue weighted by Crippen LogP contribution is 2.54. The van der Waals surface area contributed by atoms with E-state index in [9.17, 15) is 4.79 Å². The molecule has 0 fully saturated rings. The van der Waals surface area contributed by atoms with E-state index in [1.807, 2.05) is 30.3 Å². The van der Waals surface area contributed by atoms with Gasteiger partial charge >= 0.3 is 0 Å². The monoisotopic (exact) mass is 556 g/mol. The molecule has 200 valence electrons. The third kappa shape index (κ3) is 5.16. The van der Waals surface area contributed by atoms with Crippen molar-refractivity contribution in [2.75, 3.05) is 40.9 Å². The number of nitrogens with one attached hydrogen (secondary N) is 2. The molecular formula is C28H29ClN2O6S. The van der Waals surface area contributed by atoms with Crippen LogP contribution >= 0.6 is 23.8 Å². The zero-order valence-electron chi connectivity index (χ0n) is 21.8. The van der Waals surface area contributed by atoms with Crippen LogP contribution in [0.5, 0.6) is 28.7 Å². The maximum Gasteiger partial charge on any atom is 0.220 e. The molecule has 2 N–H and O–H groups in total. The first kappa shape index (κ1) is 27.3. The molecule has 1 atom stereocenters. The van der Waals surface area contributed by atoms with E-state index in [-0.39, 0.29) is 17.2 Å². The quantitative estimate of drug-likeness (QED) is 0.372.